The fourth-order valence-electron chi connectivity index (χ4n) is 2.58. The van der Waals surface area contributed by atoms with Crippen molar-refractivity contribution in [2.24, 2.45) is 0 Å². The molecule has 106 valence electrons. The fourth-order valence-corrected chi connectivity index (χ4v) is 2.58. The molecule has 1 saturated heterocycles. The van der Waals surface area contributed by atoms with Gasteiger partial charge in [0.15, 0.2) is 11.5 Å². The van der Waals surface area contributed by atoms with E-state index in [9.17, 15) is 5.11 Å². The van der Waals surface area contributed by atoms with Gasteiger partial charge in [-0.2, -0.15) is 0 Å². The molecule has 0 aromatic heterocycles. The topological polar surface area (TPSA) is 44.7 Å². The van der Waals surface area contributed by atoms with E-state index in [0.717, 1.165) is 18.7 Å². The summed E-state index contributed by atoms with van der Waals surface area (Å²) in [4.78, 5) is 2.40. The molecule has 1 aromatic carbocycles. The molecule has 2 atom stereocenters. The number of phenolic OH excluding ortho intramolecular Hbond substituents is 1. The summed E-state index contributed by atoms with van der Waals surface area (Å²) in [6.45, 7) is 4.21. The van der Waals surface area contributed by atoms with Crippen LogP contribution in [0.15, 0.2) is 18.2 Å². The second kappa shape index (κ2) is 6.26. The number of benzene rings is 1. The number of hydrogen-bond acceptors (Lipinski definition) is 4. The molecule has 4 heteroatoms. The van der Waals surface area contributed by atoms with Crippen molar-refractivity contribution in [1.82, 2.24) is 10.2 Å². The molecule has 2 N–H and O–H groups in total. The van der Waals surface area contributed by atoms with E-state index in [-0.39, 0.29) is 5.75 Å². The van der Waals surface area contributed by atoms with E-state index in [2.05, 4.69) is 24.2 Å². The van der Waals surface area contributed by atoms with Gasteiger partial charge in [-0.25, -0.2) is 0 Å². The minimum absolute atomic E-state index is 0.207. The zero-order valence-electron chi connectivity index (χ0n) is 12.0. The molecule has 0 saturated carbocycles. The number of phenols is 1. The smallest absolute Gasteiger partial charge is 0.160 e. The number of likely N-dealkylation sites (tertiary alicyclic amines) is 1. The first kappa shape index (κ1) is 14.2. The Balaban J connectivity index is 1.87. The van der Waals surface area contributed by atoms with Gasteiger partial charge in [0.2, 0.25) is 0 Å². The van der Waals surface area contributed by atoms with Crippen molar-refractivity contribution >= 4 is 0 Å². The summed E-state index contributed by atoms with van der Waals surface area (Å²) in [5.74, 6) is 0.732. The standard InChI is InChI=1S/C15H24N2O2/c1-11-8-13(6-7-17(11)2)16-10-12-4-5-15(19-3)14(18)9-12/h4-5,9,11,13,16,18H,6-8,10H2,1-3H3. The van der Waals surface area contributed by atoms with Crippen LogP contribution in [0, 0.1) is 0 Å². The first-order valence-corrected chi connectivity index (χ1v) is 6.89. The molecule has 1 aliphatic heterocycles. The fraction of sp³-hybridized carbons (Fsp3) is 0.600. The molecule has 0 spiro atoms. The highest BCUT2D eigenvalue weighted by Crippen LogP contribution is 2.26. The predicted molar refractivity (Wildman–Crippen MR) is 76.6 cm³/mol. The summed E-state index contributed by atoms with van der Waals surface area (Å²) >= 11 is 0. The van der Waals surface area contributed by atoms with Crippen molar-refractivity contribution in [2.75, 3.05) is 20.7 Å². The Morgan fingerprint density at radius 1 is 1.47 bits per heavy atom. The Kier molecular flexibility index (Phi) is 4.66. The number of ether oxygens (including phenoxy) is 1. The Morgan fingerprint density at radius 2 is 2.26 bits per heavy atom. The second-order valence-corrected chi connectivity index (χ2v) is 5.44. The van der Waals surface area contributed by atoms with E-state index in [0.29, 0.717) is 17.8 Å². The van der Waals surface area contributed by atoms with Gasteiger partial charge in [-0.1, -0.05) is 6.07 Å². The summed E-state index contributed by atoms with van der Waals surface area (Å²) in [7, 11) is 3.75. The number of nitrogens with one attached hydrogen (secondary N) is 1. The molecule has 1 aromatic rings. The Morgan fingerprint density at radius 3 is 2.89 bits per heavy atom. The van der Waals surface area contributed by atoms with Crippen LogP contribution < -0.4 is 10.1 Å². The van der Waals surface area contributed by atoms with Crippen LogP contribution in [0.3, 0.4) is 0 Å². The van der Waals surface area contributed by atoms with Gasteiger partial charge in [0.1, 0.15) is 0 Å². The van der Waals surface area contributed by atoms with Gasteiger partial charge in [0.05, 0.1) is 7.11 Å². The Labute approximate surface area is 115 Å². The third-order valence-corrected chi connectivity index (χ3v) is 4.05. The minimum atomic E-state index is 0.207. The molecular formula is C15H24N2O2. The maximum Gasteiger partial charge on any atom is 0.160 e. The molecule has 0 aliphatic carbocycles. The third-order valence-electron chi connectivity index (χ3n) is 4.05. The summed E-state index contributed by atoms with van der Waals surface area (Å²) in [5.41, 5.74) is 1.09. The van der Waals surface area contributed by atoms with E-state index < -0.39 is 0 Å². The lowest BCUT2D eigenvalue weighted by molar-refractivity contribution is 0.168. The number of rotatable bonds is 4. The summed E-state index contributed by atoms with van der Waals surface area (Å²) in [6.07, 6.45) is 2.36. The van der Waals surface area contributed by atoms with Gasteiger partial charge < -0.3 is 20.1 Å². The van der Waals surface area contributed by atoms with E-state index in [1.54, 1.807) is 13.2 Å². The number of nitrogens with zero attached hydrogens (tertiary/aromatic N) is 1. The van der Waals surface area contributed by atoms with Crippen LogP contribution in [-0.2, 0) is 6.54 Å². The minimum Gasteiger partial charge on any atom is -0.504 e. The van der Waals surface area contributed by atoms with Crippen LogP contribution in [-0.4, -0.2) is 42.8 Å². The maximum atomic E-state index is 9.75. The highest BCUT2D eigenvalue weighted by Gasteiger charge is 2.22. The van der Waals surface area contributed by atoms with E-state index in [1.165, 1.54) is 12.8 Å². The quantitative estimate of drug-likeness (QED) is 0.873. The van der Waals surface area contributed by atoms with E-state index in [1.807, 2.05) is 12.1 Å². The van der Waals surface area contributed by atoms with E-state index in [4.69, 9.17) is 4.74 Å². The van der Waals surface area contributed by atoms with Gasteiger partial charge in [0.25, 0.3) is 0 Å². The van der Waals surface area contributed by atoms with Crippen molar-refractivity contribution in [3.8, 4) is 11.5 Å². The maximum absolute atomic E-state index is 9.75. The highest BCUT2D eigenvalue weighted by atomic mass is 16.5. The SMILES string of the molecule is COc1ccc(CNC2CCN(C)C(C)C2)cc1O. The predicted octanol–water partition coefficient (Wildman–Crippen LogP) is 1.97. The first-order chi connectivity index (χ1) is 9.10. The van der Waals surface area contributed by atoms with Crippen molar-refractivity contribution < 1.29 is 9.84 Å². The third kappa shape index (κ3) is 3.61. The molecule has 2 unspecified atom stereocenters. The van der Waals surface area contributed by atoms with Crippen LogP contribution >= 0.6 is 0 Å². The first-order valence-electron chi connectivity index (χ1n) is 6.89. The largest absolute Gasteiger partial charge is 0.504 e. The second-order valence-electron chi connectivity index (χ2n) is 5.44. The zero-order chi connectivity index (χ0) is 13.8. The molecule has 4 nitrogen and oxygen atoms in total. The lowest BCUT2D eigenvalue weighted by Crippen LogP contribution is -2.45. The van der Waals surface area contributed by atoms with Crippen LogP contribution in [0.4, 0.5) is 0 Å². The number of aromatic hydroxyl groups is 1. The monoisotopic (exact) mass is 264 g/mol. The van der Waals surface area contributed by atoms with E-state index >= 15 is 0 Å². The average molecular weight is 264 g/mol. The molecule has 1 fully saturated rings. The normalized spacial score (nSPS) is 24.4. The van der Waals surface area contributed by atoms with Gasteiger partial charge in [-0.05, 0) is 51.1 Å². The average Bonchev–Trinajstić information content (AvgIpc) is 2.40. The molecule has 19 heavy (non-hydrogen) atoms. The van der Waals surface area contributed by atoms with Gasteiger partial charge >= 0.3 is 0 Å². The number of piperidine rings is 1. The Hall–Kier alpha value is -1.26. The molecule has 0 bridgehead atoms. The van der Waals surface area contributed by atoms with Crippen LogP contribution in [0.1, 0.15) is 25.3 Å². The lowest BCUT2D eigenvalue weighted by Gasteiger charge is -2.35. The van der Waals surface area contributed by atoms with Gasteiger partial charge in [-0.3, -0.25) is 0 Å². The molecular weight excluding hydrogens is 240 g/mol. The Bertz CT molecular complexity index is 423. The van der Waals surface area contributed by atoms with Crippen molar-refractivity contribution in [3.05, 3.63) is 23.8 Å². The molecule has 0 amide bonds. The molecule has 2 rings (SSSR count). The number of hydrogen-bond donors (Lipinski definition) is 2. The summed E-state index contributed by atoms with van der Waals surface area (Å²) in [5, 5.41) is 13.3. The van der Waals surface area contributed by atoms with Crippen molar-refractivity contribution in [1.29, 1.82) is 0 Å². The van der Waals surface area contributed by atoms with Gasteiger partial charge in [-0.15, -0.1) is 0 Å². The highest BCUT2D eigenvalue weighted by molar-refractivity contribution is 5.41. The number of methoxy groups -OCH3 is 1. The summed E-state index contributed by atoms with van der Waals surface area (Å²) in [6, 6.07) is 6.77. The molecule has 0 radical (unpaired) electrons. The zero-order valence-corrected chi connectivity index (χ0v) is 12.0. The molecule has 1 heterocycles. The van der Waals surface area contributed by atoms with Crippen LogP contribution in [0.25, 0.3) is 0 Å². The van der Waals surface area contributed by atoms with Crippen LogP contribution in [0.5, 0.6) is 11.5 Å². The van der Waals surface area contributed by atoms with Crippen molar-refractivity contribution in [2.45, 2.75) is 38.4 Å². The summed E-state index contributed by atoms with van der Waals surface area (Å²) < 4.78 is 5.04. The lowest BCUT2D eigenvalue weighted by atomic mass is 9.98. The van der Waals surface area contributed by atoms with Gasteiger partial charge in [0, 0.05) is 18.6 Å². The van der Waals surface area contributed by atoms with Crippen LogP contribution in [0.2, 0.25) is 0 Å². The molecule has 1 aliphatic rings. The van der Waals surface area contributed by atoms with Crippen molar-refractivity contribution in [3.63, 3.8) is 0 Å².